The third-order valence-corrected chi connectivity index (χ3v) is 1.24. The Morgan fingerprint density at radius 2 is 1.73 bits per heavy atom. The number of anilines is 1. The van der Waals surface area contributed by atoms with Crippen molar-refractivity contribution in [2.24, 2.45) is 0 Å². The lowest BCUT2D eigenvalue weighted by Crippen LogP contribution is -2.02. The van der Waals surface area contributed by atoms with Crippen molar-refractivity contribution in [2.75, 3.05) is 5.73 Å². The predicted molar refractivity (Wildman–Crippen MR) is 38.9 cm³/mol. The van der Waals surface area contributed by atoms with Crippen molar-refractivity contribution in [1.29, 1.82) is 0 Å². The second kappa shape index (κ2) is 4.22. The molecule has 0 spiro atoms. The molecule has 0 saturated heterocycles. The van der Waals surface area contributed by atoms with Crippen LogP contribution in [-0.2, 0) is 0 Å². The molecule has 1 aromatic heterocycles. The number of hydrogen-bond donors (Lipinski definition) is 1. The van der Waals surface area contributed by atoms with Crippen LogP contribution < -0.4 is 5.73 Å². The molecule has 11 heavy (non-hydrogen) atoms. The summed E-state index contributed by atoms with van der Waals surface area (Å²) >= 11 is 1.56. The Labute approximate surface area is 64.9 Å². The van der Waals surface area contributed by atoms with Crippen LogP contribution in [0.3, 0.4) is 0 Å². The molecular weight excluding hydrogens is 181 g/mol. The van der Waals surface area contributed by atoms with Gasteiger partial charge in [-0.05, 0) is 17.5 Å². The number of hydrogen-bond acceptors (Lipinski definition) is 2. The number of nitrogen functional groups attached to an aromatic ring is 1. The topological polar surface area (TPSA) is 26.0 Å². The molecule has 0 saturated carbocycles. The van der Waals surface area contributed by atoms with E-state index in [4.69, 9.17) is 5.73 Å². The normalized spacial score (nSPS) is 10.2. The molecule has 0 amide bonds. The lowest BCUT2D eigenvalue weighted by Gasteiger charge is -1.94. The second-order valence-electron chi connectivity index (χ2n) is 1.51. The number of rotatable bonds is 0. The van der Waals surface area contributed by atoms with Crippen molar-refractivity contribution in [3.8, 4) is 0 Å². The molecule has 0 radical (unpaired) electrons. The molecule has 1 heterocycles. The van der Waals surface area contributed by atoms with Crippen molar-refractivity contribution >= 4 is 23.6 Å². The van der Waals surface area contributed by atoms with Crippen molar-refractivity contribution in [1.82, 2.24) is 0 Å². The summed E-state index contributed by atoms with van der Waals surface area (Å²) < 4.78 is 39.0. The SMILES string of the molecule is F[B-](F)(F)F.Nc1cccs1. The molecule has 0 atom stereocenters. The first kappa shape index (κ1) is 10.3. The smallest absolute Gasteiger partial charge is 0.418 e. The summed E-state index contributed by atoms with van der Waals surface area (Å²) in [5, 5.41) is 2.84. The zero-order valence-electron chi connectivity index (χ0n) is 5.31. The maximum atomic E-state index is 9.75. The Bertz CT molecular complexity index is 178. The molecule has 0 aromatic carbocycles. The Morgan fingerprint density at radius 3 is 1.82 bits per heavy atom. The molecular formula is C4H5BF4NS-. The van der Waals surface area contributed by atoms with Gasteiger partial charge >= 0.3 is 7.25 Å². The number of halogens is 4. The zero-order valence-corrected chi connectivity index (χ0v) is 6.12. The summed E-state index contributed by atoms with van der Waals surface area (Å²) in [5.74, 6) is 0. The predicted octanol–water partition coefficient (Wildman–Crippen LogP) is 2.63. The first-order valence-corrected chi connectivity index (χ1v) is 3.44. The maximum absolute atomic E-state index is 9.75. The number of nitrogens with two attached hydrogens (primary N) is 1. The van der Waals surface area contributed by atoms with Gasteiger partial charge in [0.05, 0.1) is 5.00 Å². The second-order valence-corrected chi connectivity index (χ2v) is 2.49. The molecule has 2 N–H and O–H groups in total. The van der Waals surface area contributed by atoms with E-state index in [1.54, 1.807) is 11.3 Å². The van der Waals surface area contributed by atoms with Crippen LogP contribution in [0, 0.1) is 0 Å². The van der Waals surface area contributed by atoms with Gasteiger partial charge in [-0.3, -0.25) is 0 Å². The molecule has 1 aromatic rings. The van der Waals surface area contributed by atoms with Gasteiger partial charge in [-0.15, -0.1) is 11.3 Å². The summed E-state index contributed by atoms with van der Waals surface area (Å²) in [7, 11) is -6.00. The van der Waals surface area contributed by atoms with Gasteiger partial charge in [-0.2, -0.15) is 0 Å². The summed E-state index contributed by atoms with van der Waals surface area (Å²) in [4.78, 5) is 0. The minimum absolute atomic E-state index is 0.884. The van der Waals surface area contributed by atoms with Crippen LogP contribution in [0.15, 0.2) is 17.5 Å². The summed E-state index contributed by atoms with van der Waals surface area (Å²) in [5.41, 5.74) is 5.30. The first-order chi connectivity index (χ1) is 4.89. The molecule has 7 heteroatoms. The largest absolute Gasteiger partial charge is 0.673 e. The number of thiophene rings is 1. The zero-order chi connectivity index (χ0) is 8.91. The highest BCUT2D eigenvalue weighted by atomic mass is 32.1. The van der Waals surface area contributed by atoms with Crippen LogP contribution in [0.5, 0.6) is 0 Å². The van der Waals surface area contributed by atoms with E-state index in [1.165, 1.54) is 0 Å². The van der Waals surface area contributed by atoms with E-state index >= 15 is 0 Å². The molecule has 1 nitrogen and oxygen atoms in total. The van der Waals surface area contributed by atoms with E-state index in [0.29, 0.717) is 0 Å². The fourth-order valence-electron chi connectivity index (χ4n) is 0.291. The van der Waals surface area contributed by atoms with E-state index in [2.05, 4.69) is 0 Å². The third-order valence-electron chi connectivity index (χ3n) is 0.543. The molecule has 0 unspecified atom stereocenters. The van der Waals surface area contributed by atoms with Crippen molar-refractivity contribution in [3.05, 3.63) is 17.5 Å². The highest BCUT2D eigenvalue weighted by molar-refractivity contribution is 7.13. The first-order valence-electron chi connectivity index (χ1n) is 2.56. The minimum Gasteiger partial charge on any atom is -0.418 e. The van der Waals surface area contributed by atoms with Gasteiger partial charge in [0.15, 0.2) is 0 Å². The lowest BCUT2D eigenvalue weighted by molar-refractivity contribution is 0.368. The van der Waals surface area contributed by atoms with Crippen LogP contribution in [0.2, 0.25) is 0 Å². The van der Waals surface area contributed by atoms with E-state index in [0.717, 1.165) is 5.00 Å². The molecule has 0 fully saturated rings. The Balaban J connectivity index is 0.000000187. The van der Waals surface area contributed by atoms with Crippen LogP contribution >= 0.6 is 11.3 Å². The quantitative estimate of drug-likeness (QED) is 0.489. The molecule has 0 aliphatic carbocycles. The van der Waals surface area contributed by atoms with Gasteiger partial charge in [0, 0.05) is 0 Å². The molecule has 0 bridgehead atoms. The van der Waals surface area contributed by atoms with Gasteiger partial charge < -0.3 is 23.0 Å². The van der Waals surface area contributed by atoms with Gasteiger partial charge in [0.1, 0.15) is 0 Å². The lowest BCUT2D eigenvalue weighted by atomic mass is 10.3. The standard InChI is InChI=1S/C4H5NS.BF4/c5-4-2-1-3-6-4;2-1(3,4)5/h1-3H,5H2;/q;-1. The molecule has 0 aliphatic heterocycles. The van der Waals surface area contributed by atoms with Gasteiger partial charge in [0.2, 0.25) is 0 Å². The fraction of sp³-hybridized carbons (Fsp3) is 0. The fourth-order valence-corrected chi connectivity index (χ4v) is 0.763. The summed E-state index contributed by atoms with van der Waals surface area (Å²) in [6.45, 7) is 0. The average molecular weight is 186 g/mol. The van der Waals surface area contributed by atoms with Crippen molar-refractivity contribution < 1.29 is 17.3 Å². The molecule has 64 valence electrons. The monoisotopic (exact) mass is 186 g/mol. The molecule has 1 rings (SSSR count). The van der Waals surface area contributed by atoms with E-state index in [9.17, 15) is 17.3 Å². The van der Waals surface area contributed by atoms with Crippen LogP contribution in [-0.4, -0.2) is 7.25 Å². The van der Waals surface area contributed by atoms with Gasteiger partial charge in [-0.25, -0.2) is 0 Å². The Morgan fingerprint density at radius 1 is 1.27 bits per heavy atom. The third kappa shape index (κ3) is 12.5. The molecule has 0 aliphatic rings. The average Bonchev–Trinajstić information content (AvgIpc) is 2.12. The van der Waals surface area contributed by atoms with Crippen molar-refractivity contribution in [3.63, 3.8) is 0 Å². The van der Waals surface area contributed by atoms with E-state index in [-0.39, 0.29) is 0 Å². The van der Waals surface area contributed by atoms with Crippen LogP contribution in [0.25, 0.3) is 0 Å². The highest BCUT2D eigenvalue weighted by Gasteiger charge is 2.20. The Hall–Kier alpha value is -0.715. The highest BCUT2D eigenvalue weighted by Crippen LogP contribution is 2.08. The van der Waals surface area contributed by atoms with Crippen LogP contribution in [0.4, 0.5) is 22.3 Å². The van der Waals surface area contributed by atoms with E-state index in [1.807, 2.05) is 17.5 Å². The minimum atomic E-state index is -6.00. The van der Waals surface area contributed by atoms with Gasteiger partial charge in [-0.1, -0.05) is 0 Å². The Kier molecular flexibility index (Phi) is 3.95. The summed E-state index contributed by atoms with van der Waals surface area (Å²) in [6.07, 6.45) is 0. The van der Waals surface area contributed by atoms with Crippen LogP contribution in [0.1, 0.15) is 0 Å². The van der Waals surface area contributed by atoms with Crippen molar-refractivity contribution in [2.45, 2.75) is 0 Å². The van der Waals surface area contributed by atoms with Gasteiger partial charge in [0.25, 0.3) is 0 Å². The summed E-state index contributed by atoms with van der Waals surface area (Å²) in [6, 6.07) is 3.81. The van der Waals surface area contributed by atoms with E-state index < -0.39 is 7.25 Å². The maximum Gasteiger partial charge on any atom is 0.673 e.